The maximum absolute atomic E-state index is 12.6. The van der Waals surface area contributed by atoms with Crippen LogP contribution in [0.1, 0.15) is 33.6 Å². The molecule has 0 unspecified atom stereocenters. The van der Waals surface area contributed by atoms with Crippen molar-refractivity contribution in [1.29, 1.82) is 0 Å². The molecule has 2 amide bonds. The van der Waals surface area contributed by atoms with Gasteiger partial charge in [0.25, 0.3) is 5.91 Å². The van der Waals surface area contributed by atoms with Gasteiger partial charge in [0, 0.05) is 23.5 Å². The van der Waals surface area contributed by atoms with Gasteiger partial charge >= 0.3 is 5.97 Å². The molecule has 0 aliphatic heterocycles. The minimum atomic E-state index is -0.599. The highest BCUT2D eigenvalue weighted by atomic mass is 32.1. The number of nitrogens with zero attached hydrogens (tertiary/aromatic N) is 1. The quantitative estimate of drug-likeness (QED) is 0.771. The molecule has 0 spiro atoms. The molecule has 0 radical (unpaired) electrons. The van der Waals surface area contributed by atoms with Gasteiger partial charge in [0.15, 0.2) is 6.61 Å². The van der Waals surface area contributed by atoms with Crippen LogP contribution in [0.3, 0.4) is 0 Å². The SMILES string of the molecule is Cc1sc(NC(=O)C2CC2)c(C(=O)OCC(=O)N(C)c2ccccc2)c1C. The predicted octanol–water partition coefficient (Wildman–Crippen LogP) is 3.53. The Kier molecular flexibility index (Phi) is 5.60. The largest absolute Gasteiger partial charge is 0.452 e. The van der Waals surface area contributed by atoms with Crippen molar-refractivity contribution in [1.82, 2.24) is 0 Å². The van der Waals surface area contributed by atoms with Crippen LogP contribution in [0, 0.1) is 19.8 Å². The lowest BCUT2D eigenvalue weighted by atomic mass is 10.1. The van der Waals surface area contributed by atoms with Gasteiger partial charge in [-0.05, 0) is 44.4 Å². The highest BCUT2D eigenvalue weighted by Gasteiger charge is 2.32. The van der Waals surface area contributed by atoms with E-state index < -0.39 is 5.97 Å². The predicted molar refractivity (Wildman–Crippen MR) is 105 cm³/mol. The van der Waals surface area contributed by atoms with E-state index in [1.54, 1.807) is 19.2 Å². The van der Waals surface area contributed by atoms with E-state index in [1.807, 2.05) is 32.0 Å². The summed E-state index contributed by atoms with van der Waals surface area (Å²) in [5.74, 6) is -0.955. The van der Waals surface area contributed by atoms with E-state index in [9.17, 15) is 14.4 Å². The number of anilines is 2. The first-order chi connectivity index (χ1) is 12.9. The van der Waals surface area contributed by atoms with Crippen molar-refractivity contribution in [3.8, 4) is 0 Å². The van der Waals surface area contributed by atoms with Crippen molar-refractivity contribution < 1.29 is 19.1 Å². The van der Waals surface area contributed by atoms with Crippen molar-refractivity contribution in [2.24, 2.45) is 5.92 Å². The van der Waals surface area contributed by atoms with Crippen molar-refractivity contribution in [3.63, 3.8) is 0 Å². The highest BCUT2D eigenvalue weighted by Crippen LogP contribution is 2.36. The van der Waals surface area contributed by atoms with E-state index in [1.165, 1.54) is 16.2 Å². The second-order valence-corrected chi connectivity index (χ2v) is 7.84. The van der Waals surface area contributed by atoms with Gasteiger partial charge in [-0.2, -0.15) is 0 Å². The van der Waals surface area contributed by atoms with Crippen LogP contribution in [-0.4, -0.2) is 31.4 Å². The molecule has 2 aromatic rings. The van der Waals surface area contributed by atoms with Crippen LogP contribution < -0.4 is 10.2 Å². The van der Waals surface area contributed by atoms with Gasteiger partial charge in [0.2, 0.25) is 5.91 Å². The molecule has 27 heavy (non-hydrogen) atoms. The Morgan fingerprint density at radius 2 is 1.85 bits per heavy atom. The lowest BCUT2D eigenvalue weighted by Gasteiger charge is -2.17. The molecular weight excluding hydrogens is 364 g/mol. The van der Waals surface area contributed by atoms with Crippen molar-refractivity contribution in [2.75, 3.05) is 23.9 Å². The molecule has 0 bridgehead atoms. The number of amides is 2. The van der Waals surface area contributed by atoms with Crippen LogP contribution in [0.5, 0.6) is 0 Å². The number of benzene rings is 1. The Morgan fingerprint density at radius 3 is 2.48 bits per heavy atom. The molecule has 3 rings (SSSR count). The maximum Gasteiger partial charge on any atom is 0.341 e. The zero-order valence-corrected chi connectivity index (χ0v) is 16.4. The first kappa shape index (κ1) is 19.1. The summed E-state index contributed by atoms with van der Waals surface area (Å²) in [6, 6.07) is 9.13. The summed E-state index contributed by atoms with van der Waals surface area (Å²) in [5.41, 5.74) is 1.82. The molecule has 0 atom stereocenters. The molecule has 1 aromatic heterocycles. The molecule has 1 aliphatic carbocycles. The molecule has 1 N–H and O–H groups in total. The average molecular weight is 386 g/mol. The molecule has 142 valence electrons. The number of nitrogens with one attached hydrogen (secondary N) is 1. The van der Waals surface area contributed by atoms with E-state index in [4.69, 9.17) is 4.74 Å². The summed E-state index contributed by atoms with van der Waals surface area (Å²) in [6.07, 6.45) is 1.77. The normalized spacial score (nSPS) is 13.1. The van der Waals surface area contributed by atoms with Crippen LogP contribution in [-0.2, 0) is 14.3 Å². The third-order valence-electron chi connectivity index (χ3n) is 4.62. The lowest BCUT2D eigenvalue weighted by molar-refractivity contribution is -0.121. The van der Waals surface area contributed by atoms with Gasteiger partial charge in [-0.1, -0.05) is 18.2 Å². The molecule has 7 heteroatoms. The average Bonchev–Trinajstić information content (AvgIpc) is 3.47. The Balaban J connectivity index is 1.67. The fraction of sp³-hybridized carbons (Fsp3) is 0.350. The van der Waals surface area contributed by atoms with Gasteiger partial charge in [0.1, 0.15) is 5.00 Å². The number of carbonyl (C=O) groups is 3. The van der Waals surface area contributed by atoms with Crippen LogP contribution in [0.2, 0.25) is 0 Å². The van der Waals surface area contributed by atoms with Crippen LogP contribution >= 0.6 is 11.3 Å². The van der Waals surface area contributed by atoms with E-state index >= 15 is 0 Å². The van der Waals surface area contributed by atoms with Gasteiger partial charge < -0.3 is 15.0 Å². The van der Waals surface area contributed by atoms with Crippen molar-refractivity contribution in [2.45, 2.75) is 26.7 Å². The third kappa shape index (κ3) is 4.36. The molecule has 1 aliphatic rings. The molecule has 1 heterocycles. The Hall–Kier alpha value is -2.67. The first-order valence-corrected chi connectivity index (χ1v) is 9.59. The second kappa shape index (κ2) is 7.92. The second-order valence-electron chi connectivity index (χ2n) is 6.62. The summed E-state index contributed by atoms with van der Waals surface area (Å²) >= 11 is 1.35. The molecule has 1 saturated carbocycles. The number of hydrogen-bond acceptors (Lipinski definition) is 5. The van der Waals surface area contributed by atoms with Crippen LogP contribution in [0.15, 0.2) is 30.3 Å². The summed E-state index contributed by atoms with van der Waals surface area (Å²) in [5, 5.41) is 3.33. The smallest absolute Gasteiger partial charge is 0.341 e. The van der Waals surface area contributed by atoms with Crippen LogP contribution in [0.4, 0.5) is 10.7 Å². The first-order valence-electron chi connectivity index (χ1n) is 8.78. The van der Waals surface area contributed by atoms with Gasteiger partial charge in [0.05, 0.1) is 5.56 Å². The van der Waals surface area contributed by atoms with E-state index in [-0.39, 0.29) is 24.3 Å². The maximum atomic E-state index is 12.6. The van der Waals surface area contributed by atoms with Crippen LogP contribution in [0.25, 0.3) is 0 Å². The summed E-state index contributed by atoms with van der Waals surface area (Å²) in [4.78, 5) is 39.3. The highest BCUT2D eigenvalue weighted by molar-refractivity contribution is 7.16. The number of ether oxygens (including phenoxy) is 1. The number of thiophene rings is 1. The Bertz CT molecular complexity index is 872. The standard InChI is InChI=1S/C20H22N2O4S/c1-12-13(2)27-19(21-18(24)14-9-10-14)17(12)20(25)26-11-16(23)22(3)15-7-5-4-6-8-15/h4-8,14H,9-11H2,1-3H3,(H,21,24). The van der Waals surface area contributed by atoms with E-state index in [0.717, 1.165) is 29.0 Å². The monoisotopic (exact) mass is 386 g/mol. The molecule has 1 aromatic carbocycles. The zero-order valence-electron chi connectivity index (χ0n) is 15.6. The Labute approximate surface area is 162 Å². The topological polar surface area (TPSA) is 75.7 Å². The minimum Gasteiger partial charge on any atom is -0.452 e. The summed E-state index contributed by atoms with van der Waals surface area (Å²) in [6.45, 7) is 3.33. The summed E-state index contributed by atoms with van der Waals surface area (Å²) in [7, 11) is 1.63. The number of aryl methyl sites for hydroxylation is 1. The number of likely N-dealkylation sites (N-methyl/N-ethyl adjacent to an activating group) is 1. The van der Waals surface area contributed by atoms with Gasteiger partial charge in [-0.3, -0.25) is 9.59 Å². The summed E-state index contributed by atoms with van der Waals surface area (Å²) < 4.78 is 5.25. The third-order valence-corrected chi connectivity index (χ3v) is 5.74. The fourth-order valence-corrected chi connectivity index (χ4v) is 3.66. The lowest BCUT2D eigenvalue weighted by Crippen LogP contribution is -2.31. The minimum absolute atomic E-state index is 0.0395. The zero-order chi connectivity index (χ0) is 19.6. The number of hydrogen-bond donors (Lipinski definition) is 1. The number of para-hydroxylation sites is 1. The van der Waals surface area contributed by atoms with E-state index in [0.29, 0.717) is 10.6 Å². The van der Waals surface area contributed by atoms with Gasteiger partial charge in [-0.15, -0.1) is 11.3 Å². The molecule has 0 saturated heterocycles. The van der Waals surface area contributed by atoms with Crippen molar-refractivity contribution >= 4 is 39.8 Å². The molecular formula is C20H22N2O4S. The van der Waals surface area contributed by atoms with Gasteiger partial charge in [-0.25, -0.2) is 4.79 Å². The number of rotatable bonds is 6. The fourth-order valence-electron chi connectivity index (χ4n) is 2.61. The Morgan fingerprint density at radius 1 is 1.19 bits per heavy atom. The molecule has 6 nitrogen and oxygen atoms in total. The van der Waals surface area contributed by atoms with Crippen molar-refractivity contribution in [3.05, 3.63) is 46.3 Å². The number of carbonyl (C=O) groups excluding carboxylic acids is 3. The van der Waals surface area contributed by atoms with E-state index in [2.05, 4.69) is 5.32 Å². The molecule has 1 fully saturated rings. The number of esters is 1.